The van der Waals surface area contributed by atoms with Crippen LogP contribution in [0, 0.1) is 0 Å². The molecule has 0 saturated heterocycles. The Balaban J connectivity index is 1.90. The summed E-state index contributed by atoms with van der Waals surface area (Å²) < 4.78 is 28.1. The van der Waals surface area contributed by atoms with Crippen LogP contribution in [0.5, 0.6) is 0 Å². The Morgan fingerprint density at radius 1 is 1.32 bits per heavy atom. The van der Waals surface area contributed by atoms with Gasteiger partial charge >= 0.3 is 0 Å². The highest BCUT2D eigenvalue weighted by Crippen LogP contribution is 2.17. The monoisotopic (exact) mass is 300 g/mol. The average molecular weight is 301 g/mol. The molecule has 2 aromatic rings. The first-order valence-electron chi connectivity index (χ1n) is 5.67. The molecule has 0 radical (unpaired) electrons. The third-order valence-electron chi connectivity index (χ3n) is 2.43. The van der Waals surface area contributed by atoms with Gasteiger partial charge in [0.05, 0.1) is 0 Å². The summed E-state index contributed by atoms with van der Waals surface area (Å²) in [5.41, 5.74) is 0. The fourth-order valence-corrected chi connectivity index (χ4v) is 3.05. The number of nitrogens with zero attached hydrogens (tertiary/aromatic N) is 3. The molecule has 0 aliphatic heterocycles. The number of hydrogen-bond donors (Lipinski definition) is 1. The van der Waals surface area contributed by atoms with Gasteiger partial charge < -0.3 is 0 Å². The Labute approximate surface area is 116 Å². The molecule has 0 unspecified atom stereocenters. The van der Waals surface area contributed by atoms with Gasteiger partial charge in [0, 0.05) is 31.7 Å². The van der Waals surface area contributed by atoms with Crippen molar-refractivity contribution in [3.05, 3.63) is 41.9 Å². The van der Waals surface area contributed by atoms with Crippen molar-refractivity contribution in [1.29, 1.82) is 0 Å². The summed E-state index contributed by atoms with van der Waals surface area (Å²) in [6.45, 7) is 0.962. The van der Waals surface area contributed by atoms with Crippen molar-refractivity contribution >= 4 is 21.6 Å². The first-order chi connectivity index (χ1) is 9.09. The van der Waals surface area contributed by atoms with Crippen LogP contribution >= 0.6 is 11.6 Å². The van der Waals surface area contributed by atoms with Gasteiger partial charge in [-0.25, -0.2) is 18.1 Å². The van der Waals surface area contributed by atoms with Gasteiger partial charge in [-0.2, -0.15) is 5.10 Å². The van der Waals surface area contributed by atoms with Gasteiger partial charge in [-0.15, -0.1) is 0 Å². The minimum Gasteiger partial charge on any atom is -0.273 e. The Morgan fingerprint density at radius 2 is 2.16 bits per heavy atom. The van der Waals surface area contributed by atoms with Crippen molar-refractivity contribution in [3.8, 4) is 0 Å². The SMILES string of the molecule is O=S(=O)(NCCCn1cccn1)c1cccnc1Cl. The molecule has 1 N–H and O–H groups in total. The topological polar surface area (TPSA) is 76.9 Å². The van der Waals surface area contributed by atoms with Gasteiger partial charge in [-0.1, -0.05) is 11.6 Å². The van der Waals surface area contributed by atoms with E-state index in [1.54, 1.807) is 10.9 Å². The van der Waals surface area contributed by atoms with Gasteiger partial charge in [-0.3, -0.25) is 4.68 Å². The van der Waals surface area contributed by atoms with Crippen molar-refractivity contribution in [3.63, 3.8) is 0 Å². The molecule has 0 saturated carbocycles. The van der Waals surface area contributed by atoms with Crippen LogP contribution in [0.2, 0.25) is 5.15 Å². The van der Waals surface area contributed by atoms with Crippen molar-refractivity contribution in [1.82, 2.24) is 19.5 Å². The van der Waals surface area contributed by atoms with Crippen molar-refractivity contribution in [2.45, 2.75) is 17.9 Å². The molecule has 0 aliphatic rings. The smallest absolute Gasteiger partial charge is 0.243 e. The summed E-state index contributed by atoms with van der Waals surface area (Å²) in [4.78, 5) is 3.74. The Hall–Kier alpha value is -1.44. The summed E-state index contributed by atoms with van der Waals surface area (Å²) in [5.74, 6) is 0. The number of hydrogen-bond acceptors (Lipinski definition) is 4. The highest BCUT2D eigenvalue weighted by Gasteiger charge is 2.17. The van der Waals surface area contributed by atoms with Gasteiger partial charge in [-0.05, 0) is 24.6 Å². The maximum Gasteiger partial charge on any atom is 0.243 e. The van der Waals surface area contributed by atoms with Gasteiger partial charge in [0.15, 0.2) is 0 Å². The van der Waals surface area contributed by atoms with E-state index in [4.69, 9.17) is 11.6 Å². The summed E-state index contributed by atoms with van der Waals surface area (Å²) in [6, 6.07) is 4.77. The maximum atomic E-state index is 12.0. The first kappa shape index (κ1) is 14.0. The molecule has 6 nitrogen and oxygen atoms in total. The van der Waals surface area contributed by atoms with E-state index in [9.17, 15) is 8.42 Å². The molecule has 2 aromatic heterocycles. The fraction of sp³-hybridized carbons (Fsp3) is 0.273. The molecule has 102 valence electrons. The van der Waals surface area contributed by atoms with Gasteiger partial charge in [0.1, 0.15) is 10.0 Å². The molecule has 19 heavy (non-hydrogen) atoms. The van der Waals surface area contributed by atoms with E-state index in [-0.39, 0.29) is 10.0 Å². The fourth-order valence-electron chi connectivity index (χ4n) is 1.53. The predicted octanol–water partition coefficient (Wildman–Crippen LogP) is 1.30. The lowest BCUT2D eigenvalue weighted by atomic mass is 10.4. The van der Waals surface area contributed by atoms with Crippen LogP contribution < -0.4 is 4.72 Å². The van der Waals surface area contributed by atoms with Crippen molar-refractivity contribution in [2.75, 3.05) is 6.54 Å². The molecule has 0 atom stereocenters. The number of sulfonamides is 1. The number of halogens is 1. The van der Waals surface area contributed by atoms with Crippen LogP contribution in [0.4, 0.5) is 0 Å². The second kappa shape index (κ2) is 6.14. The zero-order valence-corrected chi connectivity index (χ0v) is 11.6. The molecule has 2 rings (SSSR count). The average Bonchev–Trinajstić information content (AvgIpc) is 2.88. The number of aromatic nitrogens is 3. The van der Waals surface area contributed by atoms with E-state index < -0.39 is 10.0 Å². The summed E-state index contributed by atoms with van der Waals surface area (Å²) in [6.07, 6.45) is 5.59. The molecule has 0 aromatic carbocycles. The maximum absolute atomic E-state index is 12.0. The van der Waals surface area contributed by atoms with Crippen molar-refractivity contribution < 1.29 is 8.42 Å². The molecule has 0 aliphatic carbocycles. The lowest BCUT2D eigenvalue weighted by Crippen LogP contribution is -2.26. The summed E-state index contributed by atoms with van der Waals surface area (Å²) in [5, 5.41) is 4.00. The van der Waals surface area contributed by atoms with Gasteiger partial charge in [0.2, 0.25) is 10.0 Å². The van der Waals surface area contributed by atoms with Crippen molar-refractivity contribution in [2.24, 2.45) is 0 Å². The first-order valence-corrected chi connectivity index (χ1v) is 7.53. The largest absolute Gasteiger partial charge is 0.273 e. The van der Waals surface area contributed by atoms with E-state index in [1.165, 1.54) is 18.3 Å². The quantitative estimate of drug-likeness (QED) is 0.644. The zero-order valence-electron chi connectivity index (χ0n) is 10.0. The molecule has 2 heterocycles. The Kier molecular flexibility index (Phi) is 4.52. The molecule has 8 heteroatoms. The number of rotatable bonds is 6. The Morgan fingerprint density at radius 3 is 2.84 bits per heavy atom. The zero-order chi connectivity index (χ0) is 13.7. The van der Waals surface area contributed by atoms with Crippen LogP contribution in [0.15, 0.2) is 41.7 Å². The third kappa shape index (κ3) is 3.76. The summed E-state index contributed by atoms with van der Waals surface area (Å²) in [7, 11) is -3.61. The molecule has 0 amide bonds. The molecular weight excluding hydrogens is 288 g/mol. The highest BCUT2D eigenvalue weighted by molar-refractivity contribution is 7.89. The van der Waals surface area contributed by atoms with E-state index in [1.807, 2.05) is 12.3 Å². The van der Waals surface area contributed by atoms with E-state index >= 15 is 0 Å². The van der Waals surface area contributed by atoms with E-state index in [0.29, 0.717) is 19.5 Å². The molecule has 0 fully saturated rings. The number of nitrogens with one attached hydrogen (secondary N) is 1. The van der Waals surface area contributed by atoms with Crippen LogP contribution in [0.1, 0.15) is 6.42 Å². The minimum absolute atomic E-state index is 0.00393. The van der Waals surface area contributed by atoms with E-state index in [0.717, 1.165) is 0 Å². The third-order valence-corrected chi connectivity index (χ3v) is 4.34. The second-order valence-electron chi connectivity index (χ2n) is 3.81. The predicted molar refractivity (Wildman–Crippen MR) is 71.3 cm³/mol. The summed E-state index contributed by atoms with van der Waals surface area (Å²) >= 11 is 5.76. The molecular formula is C11H13ClN4O2S. The standard InChI is InChI=1S/C11H13ClN4O2S/c12-11-10(4-1-5-13-11)19(17,18)15-7-3-9-16-8-2-6-14-16/h1-2,4-6,8,15H,3,7,9H2. The Bertz CT molecular complexity index is 628. The lowest BCUT2D eigenvalue weighted by Gasteiger charge is -2.07. The second-order valence-corrected chi connectivity index (χ2v) is 5.91. The molecule has 0 spiro atoms. The van der Waals surface area contributed by atoms with E-state index in [2.05, 4.69) is 14.8 Å². The highest BCUT2D eigenvalue weighted by atomic mass is 35.5. The molecule has 0 bridgehead atoms. The van der Waals surface area contributed by atoms with Crippen LogP contribution in [-0.2, 0) is 16.6 Å². The lowest BCUT2D eigenvalue weighted by molar-refractivity contribution is 0.553. The minimum atomic E-state index is -3.61. The van der Waals surface area contributed by atoms with Crippen LogP contribution in [0.3, 0.4) is 0 Å². The number of aryl methyl sites for hydroxylation is 1. The number of pyridine rings is 1. The van der Waals surface area contributed by atoms with Crippen LogP contribution in [0.25, 0.3) is 0 Å². The van der Waals surface area contributed by atoms with Gasteiger partial charge in [0.25, 0.3) is 0 Å². The normalized spacial score (nSPS) is 11.6. The van der Waals surface area contributed by atoms with Crippen LogP contribution in [-0.4, -0.2) is 29.7 Å².